The molecule has 1 aliphatic carbocycles. The zero-order valence-electron chi connectivity index (χ0n) is 10.2. The van der Waals surface area contributed by atoms with E-state index in [1.807, 2.05) is 6.07 Å². The van der Waals surface area contributed by atoms with E-state index in [-0.39, 0.29) is 11.2 Å². The molecule has 0 unspecified atom stereocenters. The summed E-state index contributed by atoms with van der Waals surface area (Å²) < 4.78 is 0. The average molecular weight is 232 g/mol. The van der Waals surface area contributed by atoms with Gasteiger partial charge in [-0.2, -0.15) is 0 Å². The minimum absolute atomic E-state index is 0.108. The van der Waals surface area contributed by atoms with E-state index in [1.54, 1.807) is 6.07 Å². The second kappa shape index (κ2) is 5.85. The molecular weight excluding hydrogens is 212 g/mol. The van der Waals surface area contributed by atoms with Crippen molar-refractivity contribution in [2.24, 2.45) is 0 Å². The number of aromatic hydroxyl groups is 1. The molecule has 0 amide bonds. The molecule has 1 aliphatic rings. The Morgan fingerprint density at radius 3 is 2.12 bits per heavy atom. The van der Waals surface area contributed by atoms with Crippen molar-refractivity contribution in [1.29, 1.82) is 0 Å². The maximum absolute atomic E-state index is 11.4. The molecule has 0 aromatic heterocycles. The number of aryl methyl sites for hydroxylation is 2. The quantitative estimate of drug-likeness (QED) is 0.746. The molecule has 1 N–H and O–H groups in total. The number of hydrogen-bond acceptors (Lipinski definition) is 2. The highest BCUT2D eigenvalue weighted by Crippen LogP contribution is 2.20. The highest BCUT2D eigenvalue weighted by atomic mass is 16.3. The second-order valence-electron chi connectivity index (χ2n) is 4.90. The monoisotopic (exact) mass is 232 g/mol. The topological polar surface area (TPSA) is 37.3 Å². The van der Waals surface area contributed by atoms with E-state index in [2.05, 4.69) is 0 Å². The van der Waals surface area contributed by atoms with Crippen LogP contribution in [-0.4, -0.2) is 5.11 Å². The van der Waals surface area contributed by atoms with Crippen molar-refractivity contribution in [3.63, 3.8) is 0 Å². The molecule has 0 saturated carbocycles. The van der Waals surface area contributed by atoms with Crippen LogP contribution in [0.3, 0.4) is 0 Å². The third-order valence-corrected chi connectivity index (χ3v) is 3.55. The summed E-state index contributed by atoms with van der Waals surface area (Å²) in [5.74, 6) is -0.108. The summed E-state index contributed by atoms with van der Waals surface area (Å²) in [6.07, 6.45) is 9.52. The van der Waals surface area contributed by atoms with Crippen molar-refractivity contribution in [3.8, 4) is 5.75 Å². The molecule has 0 spiro atoms. The zero-order chi connectivity index (χ0) is 12.1. The molecule has 2 heteroatoms. The predicted molar refractivity (Wildman–Crippen MR) is 69.5 cm³/mol. The smallest absolute Gasteiger partial charge is 0.220 e. The summed E-state index contributed by atoms with van der Waals surface area (Å²) in [4.78, 5) is 11.4. The summed E-state index contributed by atoms with van der Waals surface area (Å²) in [6.45, 7) is 0. The summed E-state index contributed by atoms with van der Waals surface area (Å²) in [7, 11) is 0. The van der Waals surface area contributed by atoms with Crippen LogP contribution in [0.4, 0.5) is 0 Å². The lowest BCUT2D eigenvalue weighted by Gasteiger charge is -2.10. The Morgan fingerprint density at radius 2 is 1.41 bits per heavy atom. The number of hydrogen-bond donors (Lipinski definition) is 1. The first kappa shape index (κ1) is 12.2. The Morgan fingerprint density at radius 1 is 0.824 bits per heavy atom. The average Bonchev–Trinajstić information content (AvgIpc) is 2.46. The Bertz CT molecular complexity index is 437. The van der Waals surface area contributed by atoms with Gasteiger partial charge in [0.2, 0.25) is 5.43 Å². The first-order valence-electron chi connectivity index (χ1n) is 6.62. The standard InChI is InChI=1S/C15H20O2/c16-14-10-9-12-7-5-3-1-2-4-6-8-13(12)11-15(14)17/h9-11H,1-8H2,(H,16,17). The lowest BCUT2D eigenvalue weighted by atomic mass is 9.96. The van der Waals surface area contributed by atoms with E-state index >= 15 is 0 Å². The molecule has 0 heterocycles. The van der Waals surface area contributed by atoms with Gasteiger partial charge < -0.3 is 5.11 Å². The lowest BCUT2D eigenvalue weighted by Crippen LogP contribution is -1.96. The van der Waals surface area contributed by atoms with Crippen LogP contribution in [-0.2, 0) is 12.8 Å². The summed E-state index contributed by atoms with van der Waals surface area (Å²) in [5, 5.41) is 9.61. The summed E-state index contributed by atoms with van der Waals surface area (Å²) in [6, 6.07) is 5.08. The van der Waals surface area contributed by atoms with Gasteiger partial charge in [0.1, 0.15) is 0 Å². The SMILES string of the molecule is O=c1ccc2c(cc1O)CCCCCCCC2. The molecule has 0 radical (unpaired) electrons. The first-order chi connectivity index (χ1) is 8.27. The molecule has 1 aromatic carbocycles. The largest absolute Gasteiger partial charge is 0.504 e. The van der Waals surface area contributed by atoms with Crippen LogP contribution in [0, 0.1) is 0 Å². The lowest BCUT2D eigenvalue weighted by molar-refractivity contribution is 0.470. The van der Waals surface area contributed by atoms with Gasteiger partial charge in [0.15, 0.2) is 5.75 Å². The predicted octanol–water partition coefficient (Wildman–Crippen LogP) is 3.19. The van der Waals surface area contributed by atoms with Gasteiger partial charge in [0.05, 0.1) is 0 Å². The van der Waals surface area contributed by atoms with Gasteiger partial charge in [0, 0.05) is 0 Å². The van der Waals surface area contributed by atoms with Crippen LogP contribution in [0.5, 0.6) is 5.75 Å². The Hall–Kier alpha value is -1.31. The third-order valence-electron chi connectivity index (χ3n) is 3.55. The van der Waals surface area contributed by atoms with Gasteiger partial charge >= 0.3 is 0 Å². The normalized spacial score (nSPS) is 17.2. The van der Waals surface area contributed by atoms with Gasteiger partial charge in [-0.05, 0) is 48.9 Å². The molecule has 2 rings (SSSR count). The fourth-order valence-electron chi connectivity index (χ4n) is 2.51. The molecule has 0 fully saturated rings. The fourth-order valence-corrected chi connectivity index (χ4v) is 2.51. The summed E-state index contributed by atoms with van der Waals surface area (Å²) >= 11 is 0. The van der Waals surface area contributed by atoms with Crippen molar-refractivity contribution >= 4 is 0 Å². The van der Waals surface area contributed by atoms with Gasteiger partial charge in [-0.3, -0.25) is 4.79 Å². The molecule has 0 atom stereocenters. The molecular formula is C15H20O2. The minimum Gasteiger partial charge on any atom is -0.504 e. The van der Waals surface area contributed by atoms with Crippen LogP contribution in [0.15, 0.2) is 23.0 Å². The Kier molecular flexibility index (Phi) is 4.18. The van der Waals surface area contributed by atoms with Crippen LogP contribution < -0.4 is 5.43 Å². The van der Waals surface area contributed by atoms with Gasteiger partial charge in [-0.25, -0.2) is 0 Å². The van der Waals surface area contributed by atoms with E-state index in [0.29, 0.717) is 0 Å². The molecule has 0 bridgehead atoms. The minimum atomic E-state index is -0.271. The molecule has 2 nitrogen and oxygen atoms in total. The second-order valence-corrected chi connectivity index (χ2v) is 4.90. The van der Waals surface area contributed by atoms with Crippen molar-refractivity contribution < 1.29 is 5.11 Å². The van der Waals surface area contributed by atoms with Crippen LogP contribution >= 0.6 is 0 Å². The summed E-state index contributed by atoms with van der Waals surface area (Å²) in [5.41, 5.74) is 2.13. The van der Waals surface area contributed by atoms with Gasteiger partial charge in [-0.1, -0.05) is 31.7 Å². The number of fused-ring (bicyclic) bond motifs is 1. The van der Waals surface area contributed by atoms with Crippen LogP contribution in [0.25, 0.3) is 0 Å². The molecule has 1 aromatic rings. The van der Waals surface area contributed by atoms with Crippen molar-refractivity contribution in [2.45, 2.75) is 51.4 Å². The van der Waals surface area contributed by atoms with Gasteiger partial charge in [-0.15, -0.1) is 0 Å². The van der Waals surface area contributed by atoms with Crippen LogP contribution in [0.1, 0.15) is 49.7 Å². The highest BCUT2D eigenvalue weighted by Gasteiger charge is 2.06. The molecule has 17 heavy (non-hydrogen) atoms. The zero-order valence-corrected chi connectivity index (χ0v) is 10.2. The van der Waals surface area contributed by atoms with Gasteiger partial charge in [0.25, 0.3) is 0 Å². The molecule has 0 aliphatic heterocycles. The maximum atomic E-state index is 11.4. The van der Waals surface area contributed by atoms with Crippen molar-refractivity contribution in [3.05, 3.63) is 39.5 Å². The first-order valence-corrected chi connectivity index (χ1v) is 6.62. The van der Waals surface area contributed by atoms with E-state index < -0.39 is 0 Å². The maximum Gasteiger partial charge on any atom is 0.220 e. The van der Waals surface area contributed by atoms with Crippen molar-refractivity contribution in [1.82, 2.24) is 0 Å². The highest BCUT2D eigenvalue weighted by molar-refractivity contribution is 5.33. The Labute approximate surface area is 102 Å². The van der Waals surface area contributed by atoms with E-state index in [1.165, 1.54) is 43.7 Å². The van der Waals surface area contributed by atoms with Crippen molar-refractivity contribution in [2.75, 3.05) is 0 Å². The molecule has 0 saturated heterocycles. The Balaban J connectivity index is 2.35. The van der Waals surface area contributed by atoms with E-state index in [4.69, 9.17) is 0 Å². The fraction of sp³-hybridized carbons (Fsp3) is 0.533. The number of rotatable bonds is 0. The van der Waals surface area contributed by atoms with E-state index in [0.717, 1.165) is 24.8 Å². The third kappa shape index (κ3) is 3.32. The molecule has 92 valence electrons. The van der Waals surface area contributed by atoms with E-state index in [9.17, 15) is 9.90 Å². The van der Waals surface area contributed by atoms with Crippen LogP contribution in [0.2, 0.25) is 0 Å².